The first-order valence-electron chi connectivity index (χ1n) is 5.55. The predicted octanol–water partition coefficient (Wildman–Crippen LogP) is 0.728. The fourth-order valence-corrected chi connectivity index (χ4v) is 1.73. The van der Waals surface area contributed by atoms with Gasteiger partial charge < -0.3 is 15.4 Å². The summed E-state index contributed by atoms with van der Waals surface area (Å²) >= 11 is 5.19. The van der Waals surface area contributed by atoms with Crippen LogP contribution in [0.1, 0.15) is 18.2 Å². The predicted molar refractivity (Wildman–Crippen MR) is 71.9 cm³/mol. The van der Waals surface area contributed by atoms with E-state index in [4.69, 9.17) is 17.0 Å². The molecule has 5 nitrogen and oxygen atoms in total. The Hall–Kier alpha value is -1.14. The zero-order chi connectivity index (χ0) is 12.8. The summed E-state index contributed by atoms with van der Waals surface area (Å²) in [6.07, 6.45) is 1.85. The molecule has 0 fully saturated rings. The van der Waals surface area contributed by atoms with Crippen molar-refractivity contribution in [3.05, 3.63) is 17.5 Å². The highest BCUT2D eigenvalue weighted by Gasteiger charge is 2.06. The average Bonchev–Trinajstić information content (AvgIpc) is 2.57. The second-order valence-electron chi connectivity index (χ2n) is 4.06. The Balaban J connectivity index is 2.36. The van der Waals surface area contributed by atoms with Crippen LogP contribution in [0.15, 0.2) is 6.20 Å². The average molecular weight is 256 g/mol. The molecule has 0 aromatic carbocycles. The molecule has 0 radical (unpaired) electrons. The molecule has 1 rings (SSSR count). The van der Waals surface area contributed by atoms with Crippen molar-refractivity contribution in [1.82, 2.24) is 20.4 Å². The fraction of sp³-hybridized carbons (Fsp3) is 0.636. The molecule has 1 heterocycles. The van der Waals surface area contributed by atoms with Gasteiger partial charge in [-0.1, -0.05) is 0 Å². The van der Waals surface area contributed by atoms with Gasteiger partial charge in [-0.2, -0.15) is 5.10 Å². The number of hydrogen-bond donors (Lipinski definition) is 2. The summed E-state index contributed by atoms with van der Waals surface area (Å²) in [6.45, 7) is 5.37. The van der Waals surface area contributed by atoms with Gasteiger partial charge >= 0.3 is 0 Å². The lowest BCUT2D eigenvalue weighted by Crippen LogP contribution is -2.42. The van der Waals surface area contributed by atoms with Gasteiger partial charge in [0.25, 0.3) is 0 Å². The number of nitrogens with one attached hydrogen (secondary N) is 2. The fourth-order valence-electron chi connectivity index (χ4n) is 1.46. The molecule has 0 amide bonds. The minimum atomic E-state index is 0.204. The van der Waals surface area contributed by atoms with Gasteiger partial charge in [-0.15, -0.1) is 0 Å². The van der Waals surface area contributed by atoms with Crippen LogP contribution in [-0.2, 0) is 18.3 Å². The molecule has 0 spiro atoms. The van der Waals surface area contributed by atoms with Crippen molar-refractivity contribution in [2.45, 2.75) is 26.4 Å². The summed E-state index contributed by atoms with van der Waals surface area (Å²) in [5.74, 6) is 0. The highest BCUT2D eigenvalue weighted by atomic mass is 32.1. The molecule has 0 bridgehead atoms. The first kappa shape index (κ1) is 13.9. The van der Waals surface area contributed by atoms with Gasteiger partial charge in [-0.25, -0.2) is 0 Å². The highest BCUT2D eigenvalue weighted by molar-refractivity contribution is 7.80. The van der Waals surface area contributed by atoms with Crippen LogP contribution >= 0.6 is 12.2 Å². The normalized spacial score (nSPS) is 12.2. The number of rotatable bonds is 5. The van der Waals surface area contributed by atoms with Crippen molar-refractivity contribution in [2.75, 3.05) is 13.7 Å². The van der Waals surface area contributed by atoms with Gasteiger partial charge in [0.05, 0.1) is 12.8 Å². The number of nitrogens with zero attached hydrogens (tertiary/aromatic N) is 2. The van der Waals surface area contributed by atoms with Gasteiger partial charge in [0, 0.05) is 38.0 Å². The molecule has 0 saturated carbocycles. The summed E-state index contributed by atoms with van der Waals surface area (Å²) in [4.78, 5) is 0. The third-order valence-electron chi connectivity index (χ3n) is 2.57. The Morgan fingerprint density at radius 2 is 2.35 bits per heavy atom. The Bertz CT molecular complexity index is 378. The van der Waals surface area contributed by atoms with E-state index in [2.05, 4.69) is 15.7 Å². The van der Waals surface area contributed by atoms with Gasteiger partial charge in [-0.3, -0.25) is 4.68 Å². The van der Waals surface area contributed by atoms with E-state index in [1.54, 1.807) is 7.11 Å². The Kier molecular flexibility index (Phi) is 5.37. The molecule has 6 heteroatoms. The molecule has 1 atom stereocenters. The number of ether oxygens (including phenoxy) is 1. The SMILES string of the molecule is COCC(C)NC(=S)NCc1cnn(C)c1C. The number of thiocarbonyl (C=S) groups is 1. The standard InChI is InChI=1S/C11H20N4OS/c1-8(7-16-4)14-11(17)12-5-10-6-13-15(3)9(10)2/h6,8H,5,7H2,1-4H3,(H2,12,14,17). The lowest BCUT2D eigenvalue weighted by Gasteiger charge is -2.15. The van der Waals surface area contributed by atoms with E-state index >= 15 is 0 Å². The molecule has 1 aromatic heterocycles. The van der Waals surface area contributed by atoms with Crippen molar-refractivity contribution in [2.24, 2.45) is 7.05 Å². The van der Waals surface area contributed by atoms with E-state index in [9.17, 15) is 0 Å². The van der Waals surface area contributed by atoms with Crippen LogP contribution in [0, 0.1) is 6.92 Å². The summed E-state index contributed by atoms with van der Waals surface area (Å²) in [7, 11) is 3.60. The van der Waals surface area contributed by atoms with Crippen molar-refractivity contribution < 1.29 is 4.74 Å². The molecular weight excluding hydrogens is 236 g/mol. The van der Waals surface area contributed by atoms with Gasteiger partial charge in [0.15, 0.2) is 5.11 Å². The molecule has 96 valence electrons. The third kappa shape index (κ3) is 4.32. The van der Waals surface area contributed by atoms with Crippen LogP contribution in [0.5, 0.6) is 0 Å². The highest BCUT2D eigenvalue weighted by Crippen LogP contribution is 2.04. The molecule has 0 aliphatic carbocycles. The summed E-state index contributed by atoms with van der Waals surface area (Å²) in [5.41, 5.74) is 2.29. The van der Waals surface area contributed by atoms with E-state index in [-0.39, 0.29) is 6.04 Å². The van der Waals surface area contributed by atoms with Crippen molar-refractivity contribution in [3.63, 3.8) is 0 Å². The lowest BCUT2D eigenvalue weighted by atomic mass is 10.2. The molecule has 1 aromatic rings. The maximum absolute atomic E-state index is 5.19. The Morgan fingerprint density at radius 1 is 1.65 bits per heavy atom. The maximum Gasteiger partial charge on any atom is 0.166 e. The van der Waals surface area contributed by atoms with Crippen LogP contribution in [0.4, 0.5) is 0 Å². The van der Waals surface area contributed by atoms with Crippen molar-refractivity contribution in [3.8, 4) is 0 Å². The van der Waals surface area contributed by atoms with Crippen molar-refractivity contribution in [1.29, 1.82) is 0 Å². The number of aromatic nitrogens is 2. The Labute approximate surface area is 108 Å². The molecule has 0 aliphatic heterocycles. The van der Waals surface area contributed by atoms with Crippen LogP contribution < -0.4 is 10.6 Å². The minimum Gasteiger partial charge on any atom is -0.383 e. The van der Waals surface area contributed by atoms with Gasteiger partial charge in [-0.05, 0) is 26.1 Å². The van der Waals surface area contributed by atoms with E-state index < -0.39 is 0 Å². The number of hydrogen-bond acceptors (Lipinski definition) is 3. The number of methoxy groups -OCH3 is 1. The summed E-state index contributed by atoms with van der Waals surface area (Å²) in [5, 5.41) is 11.1. The van der Waals surface area contributed by atoms with Crippen LogP contribution in [-0.4, -0.2) is 34.7 Å². The second kappa shape index (κ2) is 6.56. The van der Waals surface area contributed by atoms with E-state index in [1.807, 2.05) is 31.8 Å². The van der Waals surface area contributed by atoms with E-state index in [0.717, 1.165) is 11.3 Å². The minimum absolute atomic E-state index is 0.204. The molecule has 0 aliphatic rings. The lowest BCUT2D eigenvalue weighted by molar-refractivity contribution is 0.179. The van der Waals surface area contributed by atoms with Gasteiger partial charge in [0.2, 0.25) is 0 Å². The summed E-state index contributed by atoms with van der Waals surface area (Å²) in [6, 6.07) is 0.204. The zero-order valence-corrected chi connectivity index (χ0v) is 11.6. The van der Waals surface area contributed by atoms with Crippen LogP contribution in [0.3, 0.4) is 0 Å². The van der Waals surface area contributed by atoms with Crippen LogP contribution in [0.25, 0.3) is 0 Å². The summed E-state index contributed by atoms with van der Waals surface area (Å²) < 4.78 is 6.87. The maximum atomic E-state index is 5.19. The topological polar surface area (TPSA) is 51.1 Å². The van der Waals surface area contributed by atoms with Gasteiger partial charge in [0.1, 0.15) is 0 Å². The Morgan fingerprint density at radius 3 is 2.88 bits per heavy atom. The monoisotopic (exact) mass is 256 g/mol. The van der Waals surface area contributed by atoms with E-state index in [1.165, 1.54) is 0 Å². The van der Waals surface area contributed by atoms with Crippen LogP contribution in [0.2, 0.25) is 0 Å². The zero-order valence-electron chi connectivity index (χ0n) is 10.8. The molecular formula is C11H20N4OS. The quantitative estimate of drug-likeness (QED) is 0.761. The molecule has 2 N–H and O–H groups in total. The molecule has 17 heavy (non-hydrogen) atoms. The second-order valence-corrected chi connectivity index (χ2v) is 4.47. The third-order valence-corrected chi connectivity index (χ3v) is 2.83. The first-order valence-corrected chi connectivity index (χ1v) is 5.96. The van der Waals surface area contributed by atoms with Crippen molar-refractivity contribution >= 4 is 17.3 Å². The number of aryl methyl sites for hydroxylation is 1. The first-order chi connectivity index (χ1) is 8.04. The largest absolute Gasteiger partial charge is 0.383 e. The molecule has 0 saturated heterocycles. The van der Waals surface area contributed by atoms with E-state index in [0.29, 0.717) is 18.3 Å². The smallest absolute Gasteiger partial charge is 0.166 e. The molecule has 1 unspecified atom stereocenters.